The Balaban J connectivity index is 1.08. The molecule has 0 saturated heterocycles. The maximum Gasteiger partial charge on any atom is 0.308 e. The van der Waals surface area contributed by atoms with Crippen LogP contribution in [0.3, 0.4) is 0 Å². The van der Waals surface area contributed by atoms with Crippen molar-refractivity contribution in [1.29, 1.82) is 0 Å². The van der Waals surface area contributed by atoms with Gasteiger partial charge in [0.05, 0.1) is 0 Å². The first-order chi connectivity index (χ1) is 16.7. The first kappa shape index (κ1) is 22.4. The molecule has 178 valence electrons. The van der Waals surface area contributed by atoms with Gasteiger partial charge in [-0.1, -0.05) is 24.3 Å². The van der Waals surface area contributed by atoms with E-state index in [-0.39, 0.29) is 16.9 Å². The Morgan fingerprint density at radius 1 is 1.09 bits per heavy atom. The van der Waals surface area contributed by atoms with Crippen molar-refractivity contribution in [2.75, 3.05) is 13.1 Å². The van der Waals surface area contributed by atoms with Crippen molar-refractivity contribution >= 4 is 43.9 Å². The number of rotatable bonds is 10. The van der Waals surface area contributed by atoms with Crippen molar-refractivity contribution in [2.45, 2.75) is 61.3 Å². The van der Waals surface area contributed by atoms with Crippen LogP contribution in [0.15, 0.2) is 58.1 Å². The number of fused-ring (bicyclic) bond motifs is 2. The molecule has 2 N–H and O–H groups in total. The summed E-state index contributed by atoms with van der Waals surface area (Å²) in [4.78, 5) is 13.1. The first-order valence-electron chi connectivity index (χ1n) is 12.4. The third-order valence-corrected chi connectivity index (χ3v) is 10.9. The van der Waals surface area contributed by atoms with Gasteiger partial charge in [-0.15, -0.1) is 11.3 Å². The van der Waals surface area contributed by atoms with Crippen LogP contribution in [0.1, 0.15) is 43.7 Å². The maximum atomic E-state index is 11.5. The van der Waals surface area contributed by atoms with Crippen LogP contribution in [0.25, 0.3) is 15.7 Å². The fourth-order valence-electron chi connectivity index (χ4n) is 5.09. The molecule has 4 nitrogen and oxygen atoms in total. The van der Waals surface area contributed by atoms with E-state index in [1.165, 1.54) is 42.0 Å². The van der Waals surface area contributed by atoms with Gasteiger partial charge in [-0.25, -0.2) is 10.9 Å². The zero-order valence-electron chi connectivity index (χ0n) is 19.5. The Kier molecular flexibility index (Phi) is 6.24. The number of hydrogen-bond acceptors (Lipinski definition) is 5. The highest BCUT2D eigenvalue weighted by atomic mass is 32.2. The van der Waals surface area contributed by atoms with Crippen molar-refractivity contribution in [3.05, 3.63) is 64.4 Å². The van der Waals surface area contributed by atoms with E-state index in [0.29, 0.717) is 11.8 Å². The second-order valence-corrected chi connectivity index (χ2v) is 12.8. The van der Waals surface area contributed by atoms with E-state index in [1.807, 2.05) is 12.1 Å². The zero-order chi connectivity index (χ0) is 23.1. The Bertz CT molecular complexity index is 1250. The first-order valence-corrected chi connectivity index (χ1v) is 14.8. The summed E-state index contributed by atoms with van der Waals surface area (Å²) in [5.41, 5.74) is 4.33. The number of hydrogen-bond donors (Lipinski definition) is 3. The molecule has 6 rings (SSSR count). The molecular formula is C28H32N2O2S2. The third kappa shape index (κ3) is 4.69. The molecule has 34 heavy (non-hydrogen) atoms. The Hall–Kier alpha value is -2.12. The predicted octanol–water partition coefficient (Wildman–Crippen LogP) is 5.66. The number of benzene rings is 2. The van der Waals surface area contributed by atoms with Crippen LogP contribution in [0.2, 0.25) is 0 Å². The number of ether oxygens (including phenoxy) is 1. The lowest BCUT2D eigenvalue weighted by Crippen LogP contribution is -2.22. The largest absolute Gasteiger partial charge is 0.426 e. The quantitative estimate of drug-likeness (QED) is 0.194. The number of nitrogens with one attached hydrogen (secondary N) is 2. The smallest absolute Gasteiger partial charge is 0.308 e. The van der Waals surface area contributed by atoms with Gasteiger partial charge in [-0.05, 0) is 95.8 Å². The SMILES string of the molecule is CC(=O)Oc1cccc2scc(CCNC3CC3[SH]3C=C(CCNC4CC4)c4ccccc43)c12. The van der Waals surface area contributed by atoms with Crippen molar-refractivity contribution < 1.29 is 9.53 Å². The van der Waals surface area contributed by atoms with Gasteiger partial charge in [0, 0.05) is 34.3 Å². The van der Waals surface area contributed by atoms with E-state index >= 15 is 0 Å². The lowest BCUT2D eigenvalue weighted by molar-refractivity contribution is -0.131. The lowest BCUT2D eigenvalue weighted by atomic mass is 10.1. The Morgan fingerprint density at radius 3 is 2.79 bits per heavy atom. The second kappa shape index (κ2) is 9.50. The molecule has 3 unspecified atom stereocenters. The predicted molar refractivity (Wildman–Crippen MR) is 144 cm³/mol. The summed E-state index contributed by atoms with van der Waals surface area (Å²) in [5, 5.41) is 14.2. The molecule has 1 aromatic heterocycles. The minimum atomic E-state index is -0.265. The van der Waals surface area contributed by atoms with Crippen LogP contribution in [0.5, 0.6) is 5.75 Å². The molecule has 0 radical (unpaired) electrons. The van der Waals surface area contributed by atoms with Crippen LogP contribution in [0, 0.1) is 0 Å². The molecule has 3 aromatic rings. The maximum absolute atomic E-state index is 11.5. The molecule has 2 aromatic carbocycles. The standard InChI is InChI=1S/C28H32N2O2S2/c1-18(31)32-24-6-4-7-25-28(24)19(16-33-25)11-14-30-23-15-27(23)34-17-20(12-13-29-21-9-10-21)22-5-2-3-8-26(22)34/h2-8,16-17,21,23,27,29-30,34H,9-15H2,1H3. The summed E-state index contributed by atoms with van der Waals surface area (Å²) < 4.78 is 6.66. The van der Waals surface area contributed by atoms with Gasteiger partial charge in [0.15, 0.2) is 0 Å². The average Bonchev–Trinajstić information content (AvgIpc) is 3.73. The highest BCUT2D eigenvalue weighted by molar-refractivity contribution is 8.20. The van der Waals surface area contributed by atoms with Gasteiger partial charge in [-0.2, -0.15) is 0 Å². The average molecular weight is 493 g/mol. The Labute approximate surface area is 208 Å². The molecule has 6 heteroatoms. The van der Waals surface area contributed by atoms with E-state index < -0.39 is 0 Å². The third-order valence-electron chi connectivity index (χ3n) is 7.03. The lowest BCUT2D eigenvalue weighted by Gasteiger charge is -2.15. The van der Waals surface area contributed by atoms with Crippen molar-refractivity contribution in [1.82, 2.24) is 10.6 Å². The fraction of sp³-hybridized carbons (Fsp3) is 0.393. The number of thiophene rings is 1. The van der Waals surface area contributed by atoms with Crippen LogP contribution in [0.4, 0.5) is 0 Å². The van der Waals surface area contributed by atoms with Gasteiger partial charge >= 0.3 is 5.97 Å². The van der Waals surface area contributed by atoms with Crippen LogP contribution < -0.4 is 15.4 Å². The topological polar surface area (TPSA) is 50.4 Å². The van der Waals surface area contributed by atoms with Crippen molar-refractivity contribution in [3.63, 3.8) is 0 Å². The van der Waals surface area contributed by atoms with E-state index in [2.05, 4.69) is 51.8 Å². The number of carbonyl (C=O) groups excluding carboxylic acids is 1. The number of thiol groups is 1. The summed E-state index contributed by atoms with van der Waals surface area (Å²) in [6.07, 6.45) is 6.07. The van der Waals surface area contributed by atoms with E-state index in [4.69, 9.17) is 4.74 Å². The van der Waals surface area contributed by atoms with Crippen LogP contribution in [-0.4, -0.2) is 36.4 Å². The van der Waals surface area contributed by atoms with E-state index in [1.54, 1.807) is 21.8 Å². The molecule has 0 bridgehead atoms. The monoisotopic (exact) mass is 492 g/mol. The molecule has 3 aliphatic rings. The molecule has 2 aliphatic carbocycles. The molecule has 2 fully saturated rings. The Morgan fingerprint density at radius 2 is 1.94 bits per heavy atom. The fourth-order valence-corrected chi connectivity index (χ4v) is 9.10. The number of esters is 1. The second-order valence-electron chi connectivity index (χ2n) is 9.65. The summed E-state index contributed by atoms with van der Waals surface area (Å²) in [5.74, 6) is 0.420. The summed E-state index contributed by atoms with van der Waals surface area (Å²) >= 11 is 1.73. The zero-order valence-corrected chi connectivity index (χ0v) is 21.3. The molecule has 1 aliphatic heterocycles. The van der Waals surface area contributed by atoms with Gasteiger partial charge in [0.25, 0.3) is 0 Å². The van der Waals surface area contributed by atoms with Gasteiger partial charge in [0.2, 0.25) is 0 Å². The molecule has 0 spiro atoms. The minimum Gasteiger partial charge on any atom is -0.426 e. The van der Waals surface area contributed by atoms with E-state index in [9.17, 15) is 4.79 Å². The highest BCUT2D eigenvalue weighted by Gasteiger charge is 2.43. The minimum absolute atomic E-state index is 0.216. The van der Waals surface area contributed by atoms with Crippen LogP contribution >= 0.6 is 22.2 Å². The summed E-state index contributed by atoms with van der Waals surface area (Å²) in [6, 6.07) is 16.4. The van der Waals surface area contributed by atoms with Gasteiger partial charge < -0.3 is 15.4 Å². The van der Waals surface area contributed by atoms with Crippen LogP contribution in [-0.2, 0) is 11.2 Å². The molecule has 2 heterocycles. The summed E-state index contributed by atoms with van der Waals surface area (Å²) in [6.45, 7) is 3.52. The molecule has 3 atom stereocenters. The summed E-state index contributed by atoms with van der Waals surface area (Å²) in [7, 11) is -0.216. The number of carbonyl (C=O) groups is 1. The molecule has 2 saturated carbocycles. The van der Waals surface area contributed by atoms with Gasteiger partial charge in [0.1, 0.15) is 5.75 Å². The normalized spacial score (nSPS) is 24.1. The van der Waals surface area contributed by atoms with Crippen molar-refractivity contribution in [2.24, 2.45) is 0 Å². The van der Waals surface area contributed by atoms with Crippen molar-refractivity contribution in [3.8, 4) is 5.75 Å². The van der Waals surface area contributed by atoms with Gasteiger partial charge in [-0.3, -0.25) is 4.79 Å². The van der Waals surface area contributed by atoms with E-state index in [0.717, 1.165) is 42.6 Å². The highest BCUT2D eigenvalue weighted by Crippen LogP contribution is 2.60. The molecular weight excluding hydrogens is 460 g/mol. The molecule has 0 amide bonds.